The van der Waals surface area contributed by atoms with Crippen LogP contribution in [0.25, 0.3) is 22.1 Å². The molecule has 1 amide bonds. The Kier molecular flexibility index (Phi) is 7.45. The number of nitrogens with zero attached hydrogens (tertiary/aromatic N) is 5. The molecule has 182 valence electrons. The van der Waals surface area contributed by atoms with E-state index in [0.29, 0.717) is 49.5 Å². The van der Waals surface area contributed by atoms with Gasteiger partial charge >= 0.3 is 0 Å². The van der Waals surface area contributed by atoms with Gasteiger partial charge in [-0.2, -0.15) is 0 Å². The molecule has 36 heavy (non-hydrogen) atoms. The SMILES string of the molecule is C=CCn1c2ccc(Cl)cc2c2nnc(SCC(=O)Nc3ncc(Cc4ccc(Cl)c(Cl)c4)s3)nc21. The Hall–Kier alpha value is -2.69. The minimum atomic E-state index is -0.211. The van der Waals surface area contributed by atoms with E-state index in [1.165, 1.54) is 23.1 Å². The van der Waals surface area contributed by atoms with Crippen molar-refractivity contribution in [2.75, 3.05) is 11.1 Å². The van der Waals surface area contributed by atoms with Gasteiger partial charge in [0.05, 0.1) is 21.3 Å². The van der Waals surface area contributed by atoms with Gasteiger partial charge in [-0.25, -0.2) is 9.97 Å². The molecule has 1 N–H and O–H groups in total. The highest BCUT2D eigenvalue weighted by Crippen LogP contribution is 2.30. The Morgan fingerprint density at radius 3 is 2.81 bits per heavy atom. The molecule has 0 saturated heterocycles. The van der Waals surface area contributed by atoms with Crippen molar-refractivity contribution < 1.29 is 4.79 Å². The van der Waals surface area contributed by atoms with E-state index < -0.39 is 0 Å². The summed E-state index contributed by atoms with van der Waals surface area (Å²) in [6.45, 7) is 4.39. The highest BCUT2D eigenvalue weighted by atomic mass is 35.5. The number of aromatic nitrogens is 5. The third kappa shape index (κ3) is 5.35. The van der Waals surface area contributed by atoms with Crippen molar-refractivity contribution in [2.45, 2.75) is 18.1 Å². The molecule has 0 aliphatic carbocycles. The van der Waals surface area contributed by atoms with Crippen molar-refractivity contribution in [1.29, 1.82) is 0 Å². The number of thioether (sulfide) groups is 1. The van der Waals surface area contributed by atoms with Crippen molar-refractivity contribution in [3.8, 4) is 0 Å². The van der Waals surface area contributed by atoms with Crippen molar-refractivity contribution in [2.24, 2.45) is 0 Å². The van der Waals surface area contributed by atoms with Crippen molar-refractivity contribution >= 4 is 91.0 Å². The first-order valence-corrected chi connectivity index (χ1v) is 13.6. The highest BCUT2D eigenvalue weighted by Gasteiger charge is 2.16. The predicted molar refractivity (Wildman–Crippen MR) is 149 cm³/mol. The van der Waals surface area contributed by atoms with Gasteiger partial charge in [-0.15, -0.1) is 28.1 Å². The first kappa shape index (κ1) is 25.0. The Bertz CT molecular complexity index is 1620. The number of rotatable bonds is 8. The first-order valence-electron chi connectivity index (χ1n) is 10.7. The maximum absolute atomic E-state index is 12.5. The summed E-state index contributed by atoms with van der Waals surface area (Å²) in [5, 5.41) is 14.8. The van der Waals surface area contributed by atoms with Gasteiger partial charge in [-0.05, 0) is 35.9 Å². The van der Waals surface area contributed by atoms with Crippen LogP contribution in [0.2, 0.25) is 15.1 Å². The maximum Gasteiger partial charge on any atom is 0.236 e. The number of benzene rings is 2. The van der Waals surface area contributed by atoms with Gasteiger partial charge in [0.1, 0.15) is 5.52 Å². The fraction of sp³-hybridized carbons (Fsp3) is 0.125. The molecule has 2 aromatic carbocycles. The van der Waals surface area contributed by atoms with Crippen LogP contribution in [0.1, 0.15) is 10.4 Å². The summed E-state index contributed by atoms with van der Waals surface area (Å²) in [6, 6.07) is 11.1. The molecule has 0 bridgehead atoms. The molecule has 0 atom stereocenters. The summed E-state index contributed by atoms with van der Waals surface area (Å²) < 4.78 is 2.00. The number of hydrogen-bond donors (Lipinski definition) is 1. The molecule has 7 nitrogen and oxygen atoms in total. The average molecular weight is 576 g/mol. The van der Waals surface area contributed by atoms with Crippen LogP contribution < -0.4 is 5.32 Å². The summed E-state index contributed by atoms with van der Waals surface area (Å²) in [4.78, 5) is 22.5. The second-order valence-electron chi connectivity index (χ2n) is 7.72. The predicted octanol–water partition coefficient (Wildman–Crippen LogP) is 6.90. The number of amides is 1. The number of carbonyl (C=O) groups is 1. The molecule has 5 aromatic rings. The van der Waals surface area contributed by atoms with E-state index in [-0.39, 0.29) is 11.7 Å². The molecular weight excluding hydrogens is 559 g/mol. The lowest BCUT2D eigenvalue weighted by Gasteiger charge is -2.04. The third-order valence-electron chi connectivity index (χ3n) is 5.22. The van der Waals surface area contributed by atoms with E-state index in [9.17, 15) is 4.79 Å². The summed E-state index contributed by atoms with van der Waals surface area (Å²) in [6.07, 6.45) is 4.17. The average Bonchev–Trinajstić information content (AvgIpc) is 3.42. The number of nitrogens with one attached hydrogen (secondary N) is 1. The van der Waals surface area contributed by atoms with E-state index in [4.69, 9.17) is 34.8 Å². The van der Waals surface area contributed by atoms with Crippen LogP contribution in [0.3, 0.4) is 0 Å². The van der Waals surface area contributed by atoms with Crippen LogP contribution in [-0.2, 0) is 17.8 Å². The van der Waals surface area contributed by atoms with E-state index in [2.05, 4.69) is 32.1 Å². The zero-order valence-corrected chi connectivity index (χ0v) is 22.4. The Morgan fingerprint density at radius 2 is 2.00 bits per heavy atom. The van der Waals surface area contributed by atoms with Gasteiger partial charge in [0, 0.05) is 34.4 Å². The zero-order valence-electron chi connectivity index (χ0n) is 18.5. The molecule has 3 heterocycles. The molecular formula is C24H17Cl3N6OS2. The monoisotopic (exact) mass is 574 g/mol. The van der Waals surface area contributed by atoms with Gasteiger partial charge in [-0.1, -0.05) is 58.7 Å². The smallest absolute Gasteiger partial charge is 0.236 e. The molecule has 0 spiro atoms. The molecule has 0 unspecified atom stereocenters. The van der Waals surface area contributed by atoms with Gasteiger partial charge in [0.2, 0.25) is 11.1 Å². The summed E-state index contributed by atoms with van der Waals surface area (Å²) in [7, 11) is 0. The number of anilines is 1. The highest BCUT2D eigenvalue weighted by molar-refractivity contribution is 7.99. The standard InChI is InChI=1S/C24H17Cl3N6OS2/c1-2-7-33-19-6-4-14(25)10-16(19)21-22(33)30-24(32-31-21)35-12-20(34)29-23-28-11-15(36-23)8-13-3-5-17(26)18(27)9-13/h2-6,9-11H,1,7-8,12H2,(H,28,29,34). The molecule has 0 saturated carbocycles. The van der Waals surface area contributed by atoms with Crippen LogP contribution in [-0.4, -0.2) is 36.4 Å². The van der Waals surface area contributed by atoms with Crippen molar-refractivity contribution in [3.05, 3.63) is 80.8 Å². The molecule has 0 aliphatic rings. The quantitative estimate of drug-likeness (QED) is 0.160. The molecule has 0 fully saturated rings. The van der Waals surface area contributed by atoms with Gasteiger partial charge in [0.15, 0.2) is 10.8 Å². The van der Waals surface area contributed by atoms with Crippen LogP contribution in [0.5, 0.6) is 0 Å². The maximum atomic E-state index is 12.5. The molecule has 12 heteroatoms. The zero-order chi connectivity index (χ0) is 25.2. The number of hydrogen-bond acceptors (Lipinski definition) is 7. The second kappa shape index (κ2) is 10.7. The van der Waals surface area contributed by atoms with Gasteiger partial charge < -0.3 is 9.88 Å². The Balaban J connectivity index is 1.26. The van der Waals surface area contributed by atoms with Crippen molar-refractivity contribution in [3.63, 3.8) is 0 Å². The Labute approximate surface area is 229 Å². The molecule has 0 aliphatic heterocycles. The minimum absolute atomic E-state index is 0.113. The summed E-state index contributed by atoms with van der Waals surface area (Å²) in [5.41, 5.74) is 3.27. The van der Waals surface area contributed by atoms with Crippen LogP contribution in [0.4, 0.5) is 5.13 Å². The lowest BCUT2D eigenvalue weighted by molar-refractivity contribution is -0.113. The molecule has 3 aromatic heterocycles. The number of thiazole rings is 1. The van der Waals surface area contributed by atoms with Crippen LogP contribution >= 0.6 is 57.9 Å². The second-order valence-corrected chi connectivity index (χ2v) is 11.0. The number of carbonyl (C=O) groups excluding carboxylic acids is 1. The first-order chi connectivity index (χ1) is 17.4. The largest absolute Gasteiger partial charge is 0.320 e. The van der Waals surface area contributed by atoms with E-state index in [0.717, 1.165) is 21.3 Å². The summed E-state index contributed by atoms with van der Waals surface area (Å²) >= 11 is 20.9. The fourth-order valence-corrected chi connectivity index (χ4v) is 5.61. The van der Waals surface area contributed by atoms with Gasteiger partial charge in [0.25, 0.3) is 0 Å². The van der Waals surface area contributed by atoms with E-state index in [1.54, 1.807) is 18.3 Å². The third-order valence-corrected chi connectivity index (χ3v) is 7.94. The van der Waals surface area contributed by atoms with Crippen LogP contribution in [0, 0.1) is 0 Å². The lowest BCUT2D eigenvalue weighted by Crippen LogP contribution is -2.14. The van der Waals surface area contributed by atoms with E-state index in [1.807, 2.05) is 34.9 Å². The van der Waals surface area contributed by atoms with Gasteiger partial charge in [-0.3, -0.25) is 4.79 Å². The molecule has 5 rings (SSSR count). The summed E-state index contributed by atoms with van der Waals surface area (Å²) in [5.74, 6) is -0.0971. The molecule has 0 radical (unpaired) electrons. The topological polar surface area (TPSA) is 85.6 Å². The normalized spacial score (nSPS) is 11.3. The number of fused-ring (bicyclic) bond motifs is 3. The van der Waals surface area contributed by atoms with Crippen molar-refractivity contribution in [1.82, 2.24) is 24.7 Å². The number of halogens is 3. The lowest BCUT2D eigenvalue weighted by atomic mass is 10.1. The van der Waals surface area contributed by atoms with E-state index >= 15 is 0 Å². The number of allylic oxidation sites excluding steroid dienone is 1. The van der Waals surface area contributed by atoms with Crippen LogP contribution in [0.15, 0.2) is 60.4 Å². The Morgan fingerprint density at radius 1 is 1.14 bits per heavy atom. The minimum Gasteiger partial charge on any atom is -0.320 e. The fourth-order valence-electron chi connectivity index (χ4n) is 3.67.